The van der Waals surface area contributed by atoms with E-state index in [-0.39, 0.29) is 36.0 Å². The van der Waals surface area contributed by atoms with Gasteiger partial charge < -0.3 is 15.2 Å². The molecule has 0 aromatic heterocycles. The van der Waals surface area contributed by atoms with Crippen LogP contribution in [0.1, 0.15) is 73.4 Å². The number of benzene rings is 3. The minimum atomic E-state index is -3.91. The van der Waals surface area contributed by atoms with E-state index < -0.39 is 51.7 Å². The fraction of sp³-hybridized carbons (Fsp3) is 0.371. The maximum Gasteiger partial charge on any atom is 0.407 e. The molecule has 4 rings (SSSR count). The van der Waals surface area contributed by atoms with Gasteiger partial charge in [-0.15, -0.1) is 0 Å². The Hall–Kier alpha value is -4.09. The molecule has 1 aliphatic heterocycles. The van der Waals surface area contributed by atoms with Crippen molar-refractivity contribution in [1.29, 1.82) is 0 Å². The van der Waals surface area contributed by atoms with E-state index >= 15 is 0 Å². The van der Waals surface area contributed by atoms with Crippen molar-refractivity contribution in [3.63, 3.8) is 0 Å². The van der Waals surface area contributed by atoms with E-state index in [1.165, 1.54) is 10.4 Å². The number of carboxylic acid groups (broad SMARTS) is 1. The first-order chi connectivity index (χ1) is 21.5. The molecule has 2 N–H and O–H groups in total. The molecule has 0 saturated carbocycles. The lowest BCUT2D eigenvalue weighted by atomic mass is 9.86. The van der Waals surface area contributed by atoms with Crippen molar-refractivity contribution in [3.05, 3.63) is 106 Å². The molecule has 8 nitrogen and oxygen atoms in total. The van der Waals surface area contributed by atoms with Crippen LogP contribution in [0.4, 0.5) is 13.6 Å². The van der Waals surface area contributed by atoms with Crippen molar-refractivity contribution in [2.45, 2.75) is 70.4 Å². The Labute approximate surface area is 269 Å². The molecule has 0 saturated heterocycles. The summed E-state index contributed by atoms with van der Waals surface area (Å²) in [4.78, 5) is 23.8. The van der Waals surface area contributed by atoms with Crippen molar-refractivity contribution in [3.8, 4) is 0 Å². The van der Waals surface area contributed by atoms with Gasteiger partial charge in [0.15, 0.2) is 0 Å². The van der Waals surface area contributed by atoms with Gasteiger partial charge in [0.2, 0.25) is 10.0 Å². The van der Waals surface area contributed by atoms with Crippen LogP contribution in [-0.2, 0) is 32.5 Å². The number of halogens is 2. The van der Waals surface area contributed by atoms with Crippen LogP contribution in [0.3, 0.4) is 0 Å². The number of hydrogen-bond donors (Lipinski definition) is 2. The number of fused-ring (bicyclic) bond motifs is 1. The standard InChI is InChI=1S/C35H40F2N2O6S/c1-22-15-26-16-24(7-6-14-38-34(42)45-35(3,4)5)9-13-32(26)46(43,44)39(20-22)21-27-17-25(10-8-23(27)2)30(19-33(40)41)29-12-11-28(36)18-31(29)37/h6-13,16-18,22,30H,14-15,19-21H2,1-5H3,(H,38,42)(H,40,41)/b7-6-. The Balaban J connectivity index is 1.59. The number of carbonyl (C=O) groups excluding carboxylic acids is 1. The van der Waals surface area contributed by atoms with Crippen LogP contribution in [-0.4, -0.2) is 48.6 Å². The number of aliphatic carboxylic acids is 1. The molecule has 2 atom stereocenters. The third-order valence-corrected chi connectivity index (χ3v) is 9.61. The predicted molar refractivity (Wildman–Crippen MR) is 172 cm³/mol. The van der Waals surface area contributed by atoms with Gasteiger partial charge in [0.25, 0.3) is 0 Å². The smallest absolute Gasteiger partial charge is 0.407 e. The zero-order valence-electron chi connectivity index (χ0n) is 26.6. The highest BCUT2D eigenvalue weighted by Crippen LogP contribution is 2.34. The molecule has 2 unspecified atom stereocenters. The Bertz CT molecular complexity index is 1750. The second-order valence-corrected chi connectivity index (χ2v) is 14.7. The monoisotopic (exact) mass is 654 g/mol. The number of alkyl carbamates (subject to hydrolysis) is 1. The summed E-state index contributed by atoms with van der Waals surface area (Å²) in [5, 5.41) is 12.2. The lowest BCUT2D eigenvalue weighted by molar-refractivity contribution is -0.137. The Morgan fingerprint density at radius 3 is 2.52 bits per heavy atom. The van der Waals surface area contributed by atoms with Gasteiger partial charge in [-0.05, 0) is 85.5 Å². The minimum Gasteiger partial charge on any atom is -0.481 e. The molecular formula is C35H40F2N2O6S. The molecule has 11 heteroatoms. The summed E-state index contributed by atoms with van der Waals surface area (Å²) in [6, 6.07) is 13.4. The molecule has 3 aromatic rings. The molecule has 246 valence electrons. The van der Waals surface area contributed by atoms with Gasteiger partial charge in [-0.3, -0.25) is 4.79 Å². The summed E-state index contributed by atoms with van der Waals surface area (Å²) in [6.45, 7) is 9.70. The van der Waals surface area contributed by atoms with E-state index in [0.717, 1.165) is 23.3 Å². The quantitative estimate of drug-likeness (QED) is 0.263. The van der Waals surface area contributed by atoms with Crippen LogP contribution in [0, 0.1) is 24.5 Å². The van der Waals surface area contributed by atoms with Gasteiger partial charge in [-0.2, -0.15) is 4.31 Å². The lowest BCUT2D eigenvalue weighted by Gasteiger charge is -2.24. The number of carboxylic acids is 1. The van der Waals surface area contributed by atoms with E-state index in [0.29, 0.717) is 23.1 Å². The summed E-state index contributed by atoms with van der Waals surface area (Å²) in [5.74, 6) is -3.67. The topological polar surface area (TPSA) is 113 Å². The van der Waals surface area contributed by atoms with E-state index in [4.69, 9.17) is 4.74 Å². The fourth-order valence-corrected chi connectivity index (χ4v) is 7.33. The van der Waals surface area contributed by atoms with Crippen molar-refractivity contribution in [1.82, 2.24) is 9.62 Å². The molecule has 0 radical (unpaired) electrons. The second-order valence-electron chi connectivity index (χ2n) is 12.8. The lowest BCUT2D eigenvalue weighted by Crippen LogP contribution is -2.33. The largest absolute Gasteiger partial charge is 0.481 e. The molecule has 0 aliphatic carbocycles. The average molecular weight is 655 g/mol. The number of carbonyl (C=O) groups is 2. The van der Waals surface area contributed by atoms with Crippen LogP contribution in [0.15, 0.2) is 65.6 Å². The summed E-state index contributed by atoms with van der Waals surface area (Å²) in [5.41, 5.74) is 2.88. The molecule has 0 bridgehead atoms. The normalized spacial score (nSPS) is 17.2. The molecular weight excluding hydrogens is 614 g/mol. The SMILES string of the molecule is Cc1ccc(C(CC(=O)O)c2ccc(F)cc2F)cc1CN1CC(C)Cc2cc(/C=C\CNC(=O)OC(C)(C)C)ccc2S1(=O)=O. The van der Waals surface area contributed by atoms with E-state index in [1.807, 2.05) is 26.0 Å². The number of aryl methyl sites for hydroxylation is 1. The molecule has 1 heterocycles. The van der Waals surface area contributed by atoms with Crippen LogP contribution in [0.5, 0.6) is 0 Å². The highest BCUT2D eigenvalue weighted by molar-refractivity contribution is 7.89. The first-order valence-electron chi connectivity index (χ1n) is 15.1. The molecule has 3 aromatic carbocycles. The molecule has 46 heavy (non-hydrogen) atoms. The van der Waals surface area contributed by atoms with E-state index in [9.17, 15) is 31.9 Å². The van der Waals surface area contributed by atoms with Gasteiger partial charge in [-0.25, -0.2) is 22.0 Å². The molecule has 0 fully saturated rings. The highest BCUT2D eigenvalue weighted by Gasteiger charge is 2.33. The van der Waals surface area contributed by atoms with Crippen molar-refractivity contribution in [2.24, 2.45) is 5.92 Å². The van der Waals surface area contributed by atoms with Crippen LogP contribution in [0.2, 0.25) is 0 Å². The maximum absolute atomic E-state index is 14.8. The Morgan fingerprint density at radius 1 is 1.11 bits per heavy atom. The van der Waals surface area contributed by atoms with Crippen LogP contribution < -0.4 is 5.32 Å². The number of nitrogens with one attached hydrogen (secondary N) is 1. The third kappa shape index (κ3) is 8.79. The number of ether oxygens (including phenoxy) is 1. The zero-order chi connectivity index (χ0) is 33.8. The second kappa shape index (κ2) is 14.1. The summed E-state index contributed by atoms with van der Waals surface area (Å²) in [6.07, 6.45) is 3.15. The van der Waals surface area contributed by atoms with Crippen molar-refractivity contribution < 1.29 is 36.6 Å². The van der Waals surface area contributed by atoms with Gasteiger partial charge in [-0.1, -0.05) is 55.5 Å². The number of sulfonamides is 1. The van der Waals surface area contributed by atoms with Gasteiger partial charge in [0.05, 0.1) is 11.3 Å². The van der Waals surface area contributed by atoms with Gasteiger partial charge in [0, 0.05) is 31.6 Å². The summed E-state index contributed by atoms with van der Waals surface area (Å²) in [7, 11) is -3.91. The van der Waals surface area contributed by atoms with Crippen LogP contribution >= 0.6 is 0 Å². The number of amides is 1. The van der Waals surface area contributed by atoms with E-state index in [2.05, 4.69) is 5.32 Å². The van der Waals surface area contributed by atoms with Crippen molar-refractivity contribution >= 4 is 28.2 Å². The third-order valence-electron chi connectivity index (χ3n) is 7.70. The summed E-state index contributed by atoms with van der Waals surface area (Å²) >= 11 is 0. The average Bonchev–Trinajstić information content (AvgIpc) is 3.02. The predicted octanol–water partition coefficient (Wildman–Crippen LogP) is 6.80. The zero-order valence-corrected chi connectivity index (χ0v) is 27.5. The summed E-state index contributed by atoms with van der Waals surface area (Å²) < 4.78 is 63.0. The van der Waals surface area contributed by atoms with Crippen molar-refractivity contribution in [2.75, 3.05) is 13.1 Å². The maximum atomic E-state index is 14.8. The number of rotatable bonds is 9. The Morgan fingerprint density at radius 2 is 1.85 bits per heavy atom. The van der Waals surface area contributed by atoms with Crippen LogP contribution in [0.25, 0.3) is 6.08 Å². The number of nitrogens with zero attached hydrogens (tertiary/aromatic N) is 1. The first kappa shape index (κ1) is 34.8. The molecule has 0 spiro atoms. The molecule has 1 aliphatic rings. The fourth-order valence-electron chi connectivity index (χ4n) is 5.57. The minimum absolute atomic E-state index is 0.0133. The Kier molecular flexibility index (Phi) is 10.7. The highest BCUT2D eigenvalue weighted by atomic mass is 32.2. The van der Waals surface area contributed by atoms with Gasteiger partial charge in [0.1, 0.15) is 17.2 Å². The van der Waals surface area contributed by atoms with Gasteiger partial charge >= 0.3 is 12.1 Å². The number of hydrogen-bond acceptors (Lipinski definition) is 5. The molecule has 1 amide bonds. The first-order valence-corrected chi connectivity index (χ1v) is 16.5. The van der Waals surface area contributed by atoms with E-state index in [1.54, 1.807) is 57.2 Å².